The molecule has 0 aromatic rings. The Kier molecular flexibility index (Phi) is 152. The van der Waals surface area contributed by atoms with Crippen molar-refractivity contribution in [2.24, 2.45) is 0 Å². The number of halogens is 2. The summed E-state index contributed by atoms with van der Waals surface area (Å²) in [7, 11) is 3.50. The average molecular weight is 165 g/mol. The summed E-state index contributed by atoms with van der Waals surface area (Å²) < 4.78 is 0. The van der Waals surface area contributed by atoms with Crippen LogP contribution >= 0.6 is 0 Å². The smallest absolute Gasteiger partial charge is 1.00 e. The molecule has 1 nitrogen and oxygen atoms in total. The van der Waals surface area contributed by atoms with Gasteiger partial charge in [0.25, 0.3) is 0 Å². The van der Waals surface area contributed by atoms with E-state index in [0.717, 1.165) is 0 Å². The first kappa shape index (κ1) is 26.8. The molecular weight excluding hydrogens is 157 g/mol. The van der Waals surface area contributed by atoms with E-state index in [0.29, 0.717) is 0 Å². The first-order valence-electron chi connectivity index (χ1n) is 0.894. The van der Waals surface area contributed by atoms with Gasteiger partial charge in [-0.3, -0.25) is 0 Å². The molecule has 0 heterocycles. The van der Waals surface area contributed by atoms with Gasteiger partial charge in [-0.2, -0.15) is 14.1 Å². The number of hydrogen-bond donors (Lipinski definition) is 0. The molecule has 0 aliphatic heterocycles. The molecule has 0 fully saturated rings. The van der Waals surface area contributed by atoms with Crippen LogP contribution in [-0.2, 0) is 21.7 Å². The molecule has 0 aromatic heterocycles. The molecule has 0 saturated carbocycles. The summed E-state index contributed by atoms with van der Waals surface area (Å²) >= 11 is 0. The predicted octanol–water partition coefficient (Wildman–Crippen LogP) is -5.13. The molecule has 0 aliphatic carbocycles. The maximum absolute atomic E-state index is 3.50. The zero-order chi connectivity index (χ0) is 2.71. The fourth-order valence-electron chi connectivity index (χ4n) is 0. The van der Waals surface area contributed by atoms with Crippen LogP contribution in [0.25, 0.3) is 5.32 Å². The van der Waals surface area contributed by atoms with E-state index in [4.69, 9.17) is 0 Å². The molecule has 1 radical (unpaired) electrons. The summed E-state index contributed by atoms with van der Waals surface area (Å²) in [4.78, 5) is 0. The van der Waals surface area contributed by atoms with Crippen LogP contribution in [0.2, 0.25) is 0 Å². The van der Waals surface area contributed by atoms with E-state index >= 15 is 0 Å². The molecule has 0 rings (SSSR count). The van der Waals surface area contributed by atoms with E-state index in [1.807, 2.05) is 0 Å². The van der Waals surface area contributed by atoms with Crippen molar-refractivity contribution in [2.45, 2.75) is 0 Å². The molecule has 39 valence electrons. The molecule has 0 unspecified atom stereocenters. The summed E-state index contributed by atoms with van der Waals surface area (Å²) in [5, 5.41) is 3.50. The fraction of sp³-hybridized carbons (Fsp3) is 1.00. The standard InChI is InChI=1S/C2H6N.2ClH.Ti.H2/c1-3-2;;;;/h1-2H3;2*1H;;1H/q-1;;;+3;/p-2. The van der Waals surface area contributed by atoms with Crippen LogP contribution in [0.4, 0.5) is 0 Å². The number of nitrogens with zero attached hydrogens (tertiary/aromatic N) is 1. The SMILES string of the molecule is C[N-]C.[Cl-].[Cl-].[HH].[Ti+3]. The first-order valence-corrected chi connectivity index (χ1v) is 0.894. The van der Waals surface area contributed by atoms with Crippen LogP contribution in [0.1, 0.15) is 1.43 Å². The fourth-order valence-corrected chi connectivity index (χ4v) is 0. The second-order valence-corrected chi connectivity index (χ2v) is 0.447. The summed E-state index contributed by atoms with van der Waals surface area (Å²) in [6, 6.07) is 0. The van der Waals surface area contributed by atoms with Gasteiger partial charge in [-0.1, -0.05) is 0 Å². The van der Waals surface area contributed by atoms with Crippen molar-refractivity contribution in [3.05, 3.63) is 5.32 Å². The third-order valence-electron chi connectivity index (χ3n) is 0. The van der Waals surface area contributed by atoms with E-state index in [1.165, 1.54) is 0 Å². The van der Waals surface area contributed by atoms with Crippen LogP contribution in [0, 0.1) is 0 Å². The van der Waals surface area contributed by atoms with Gasteiger partial charge in [-0.25, -0.2) is 0 Å². The molecule has 0 saturated heterocycles. The minimum absolute atomic E-state index is 0. The first-order chi connectivity index (χ1) is 1.41. The van der Waals surface area contributed by atoms with E-state index in [9.17, 15) is 0 Å². The van der Waals surface area contributed by atoms with Gasteiger partial charge in [0.05, 0.1) is 0 Å². The van der Waals surface area contributed by atoms with Crippen molar-refractivity contribution < 1.29 is 48.0 Å². The second kappa shape index (κ2) is 34.0. The Hall–Kier alpha value is 1.25. The van der Waals surface area contributed by atoms with E-state index in [2.05, 4.69) is 5.32 Å². The predicted molar refractivity (Wildman–Crippen MR) is 17.3 cm³/mol. The Labute approximate surface area is 67.5 Å². The van der Waals surface area contributed by atoms with Crippen LogP contribution in [0.5, 0.6) is 0 Å². The summed E-state index contributed by atoms with van der Waals surface area (Å²) in [5.41, 5.74) is 0. The molecule has 0 spiro atoms. The third kappa shape index (κ3) is 60.4. The Morgan fingerprint density at radius 1 is 1.17 bits per heavy atom. The molecule has 0 N–H and O–H groups in total. The molecule has 0 bridgehead atoms. The second-order valence-electron chi connectivity index (χ2n) is 0.447. The van der Waals surface area contributed by atoms with Crippen LogP contribution in [0.15, 0.2) is 0 Å². The summed E-state index contributed by atoms with van der Waals surface area (Å²) in [6.07, 6.45) is 0. The maximum atomic E-state index is 3.50. The van der Waals surface area contributed by atoms with Gasteiger partial charge < -0.3 is 30.1 Å². The van der Waals surface area contributed by atoms with Crippen LogP contribution < -0.4 is 24.8 Å². The van der Waals surface area contributed by atoms with Crippen LogP contribution in [0.3, 0.4) is 0 Å². The average Bonchev–Trinajstić information content (AvgIpc) is 0.918. The number of hydrogen-bond acceptors (Lipinski definition) is 0. The maximum Gasteiger partial charge on any atom is 3.00 e. The molecular formula is C2H8Cl2NTi. The van der Waals surface area contributed by atoms with Crippen molar-refractivity contribution in [1.82, 2.24) is 0 Å². The molecule has 0 atom stereocenters. The van der Waals surface area contributed by atoms with E-state index in [1.54, 1.807) is 14.1 Å². The molecule has 0 aromatic carbocycles. The normalized spacial score (nSPS) is 3.00. The van der Waals surface area contributed by atoms with Crippen LogP contribution in [-0.4, -0.2) is 14.1 Å². The topological polar surface area (TPSA) is 14.1 Å². The minimum Gasteiger partial charge on any atom is -1.00 e. The molecule has 0 aliphatic rings. The molecule has 0 amide bonds. The summed E-state index contributed by atoms with van der Waals surface area (Å²) in [6.45, 7) is 0. The summed E-state index contributed by atoms with van der Waals surface area (Å²) in [5.74, 6) is 0. The Morgan fingerprint density at radius 2 is 1.17 bits per heavy atom. The Balaban J connectivity index is -0.00000000333. The Morgan fingerprint density at radius 3 is 1.17 bits per heavy atom. The van der Waals surface area contributed by atoms with E-state index < -0.39 is 0 Å². The van der Waals surface area contributed by atoms with Gasteiger partial charge in [-0.15, -0.1) is 0 Å². The Bertz CT molecular complexity index is 15.7. The van der Waals surface area contributed by atoms with E-state index in [-0.39, 0.29) is 48.0 Å². The quantitative estimate of drug-likeness (QED) is 0.319. The van der Waals surface area contributed by atoms with Crippen molar-refractivity contribution in [3.8, 4) is 0 Å². The molecule has 6 heavy (non-hydrogen) atoms. The third-order valence-corrected chi connectivity index (χ3v) is 0. The zero-order valence-corrected chi connectivity index (χ0v) is 6.78. The minimum atomic E-state index is 0. The van der Waals surface area contributed by atoms with Gasteiger partial charge in [0.1, 0.15) is 0 Å². The number of rotatable bonds is 0. The van der Waals surface area contributed by atoms with Gasteiger partial charge >= 0.3 is 21.7 Å². The monoisotopic (exact) mass is 164 g/mol. The van der Waals surface area contributed by atoms with Crippen molar-refractivity contribution in [1.29, 1.82) is 0 Å². The largest absolute Gasteiger partial charge is 3.00 e. The van der Waals surface area contributed by atoms with Crippen molar-refractivity contribution in [2.75, 3.05) is 14.1 Å². The molecule has 4 heteroatoms. The van der Waals surface area contributed by atoms with Gasteiger partial charge in [0.2, 0.25) is 0 Å². The van der Waals surface area contributed by atoms with Crippen molar-refractivity contribution >= 4 is 0 Å². The van der Waals surface area contributed by atoms with Crippen molar-refractivity contribution in [3.63, 3.8) is 0 Å². The zero-order valence-electron chi connectivity index (χ0n) is 3.70. The van der Waals surface area contributed by atoms with Gasteiger partial charge in [0.15, 0.2) is 0 Å². The van der Waals surface area contributed by atoms with Gasteiger partial charge in [0, 0.05) is 1.43 Å². The van der Waals surface area contributed by atoms with Gasteiger partial charge in [-0.05, 0) is 0 Å².